The van der Waals surface area contributed by atoms with Crippen molar-refractivity contribution in [1.29, 1.82) is 0 Å². The van der Waals surface area contributed by atoms with Gasteiger partial charge in [-0.15, -0.1) is 0 Å². The van der Waals surface area contributed by atoms with E-state index in [4.69, 9.17) is 4.74 Å². The van der Waals surface area contributed by atoms with E-state index in [1.807, 2.05) is 12.1 Å². The van der Waals surface area contributed by atoms with Gasteiger partial charge in [0.05, 0.1) is 18.4 Å². The molecule has 0 atom stereocenters. The highest BCUT2D eigenvalue weighted by atomic mass is 16.5. The predicted octanol–water partition coefficient (Wildman–Crippen LogP) is 5.35. The number of benzene rings is 2. The van der Waals surface area contributed by atoms with Crippen molar-refractivity contribution in [2.45, 2.75) is 43.9 Å². The molecule has 4 fully saturated rings. The minimum Gasteiger partial charge on any atom is -0.496 e. The van der Waals surface area contributed by atoms with Gasteiger partial charge in [-0.05, 0) is 92.0 Å². The summed E-state index contributed by atoms with van der Waals surface area (Å²) in [5.74, 6) is 3.22. The molecule has 162 valence electrons. The number of aromatic carboxylic acids is 1. The van der Waals surface area contributed by atoms with Crippen LogP contribution >= 0.6 is 0 Å². The molecule has 0 aromatic heterocycles. The fourth-order valence-electron chi connectivity index (χ4n) is 6.87. The van der Waals surface area contributed by atoms with Gasteiger partial charge in [-0.25, -0.2) is 4.79 Å². The topological polar surface area (TPSA) is 70.9 Å². The van der Waals surface area contributed by atoms with Gasteiger partial charge in [0.1, 0.15) is 11.6 Å². The molecule has 5 nitrogen and oxygen atoms in total. The molecule has 6 rings (SSSR count). The Hall–Kier alpha value is -2.82. The summed E-state index contributed by atoms with van der Waals surface area (Å²) in [5, 5.41) is 12.8. The molecule has 0 aliphatic heterocycles. The number of para-hydroxylation sites is 1. The number of ether oxygens (including phenoxy) is 1. The van der Waals surface area contributed by atoms with E-state index >= 15 is 0 Å². The van der Waals surface area contributed by atoms with E-state index in [0.29, 0.717) is 11.5 Å². The van der Waals surface area contributed by atoms with Gasteiger partial charge < -0.3 is 15.2 Å². The molecular weight excluding hydrogens is 388 g/mol. The number of carbonyl (C=O) groups is 1. The maximum Gasteiger partial charge on any atom is 0.337 e. The number of hydrogen-bond acceptors (Lipinski definition) is 3. The van der Waals surface area contributed by atoms with E-state index < -0.39 is 5.97 Å². The van der Waals surface area contributed by atoms with Gasteiger partial charge in [-0.1, -0.05) is 12.1 Å². The van der Waals surface area contributed by atoms with Gasteiger partial charge >= 0.3 is 5.97 Å². The van der Waals surface area contributed by atoms with Crippen molar-refractivity contribution in [1.82, 2.24) is 0 Å². The lowest BCUT2D eigenvalue weighted by Gasteiger charge is -2.57. The van der Waals surface area contributed by atoms with Crippen LogP contribution in [0.15, 0.2) is 47.5 Å². The molecule has 4 aliphatic rings. The molecule has 0 heterocycles. The van der Waals surface area contributed by atoms with Crippen molar-refractivity contribution in [3.8, 4) is 5.75 Å². The Labute approximate surface area is 183 Å². The average molecular weight is 419 g/mol. The van der Waals surface area contributed by atoms with Crippen molar-refractivity contribution >= 4 is 17.5 Å². The summed E-state index contributed by atoms with van der Waals surface area (Å²) in [7, 11) is 3.50. The van der Waals surface area contributed by atoms with E-state index in [0.717, 1.165) is 29.1 Å². The lowest BCUT2D eigenvalue weighted by atomic mass is 9.48. The first-order valence-electron chi connectivity index (χ1n) is 11.3. The smallest absolute Gasteiger partial charge is 0.337 e. The Balaban J connectivity index is 1.52. The molecule has 4 saturated carbocycles. The lowest BCUT2D eigenvalue weighted by Crippen LogP contribution is -2.48. The Morgan fingerprint density at radius 2 is 1.71 bits per heavy atom. The van der Waals surface area contributed by atoms with E-state index in [2.05, 4.69) is 22.4 Å². The number of rotatable bonds is 5. The Morgan fingerprint density at radius 3 is 2.29 bits per heavy atom. The van der Waals surface area contributed by atoms with Crippen molar-refractivity contribution in [3.05, 3.63) is 59.2 Å². The molecule has 2 aromatic carbocycles. The van der Waals surface area contributed by atoms with Crippen LogP contribution in [0, 0.1) is 17.8 Å². The third-order valence-electron chi connectivity index (χ3n) is 7.72. The van der Waals surface area contributed by atoms with Gasteiger partial charge in [0.25, 0.3) is 0 Å². The molecule has 0 amide bonds. The number of methoxy groups -OCH3 is 1. The van der Waals surface area contributed by atoms with Gasteiger partial charge in [0.15, 0.2) is 0 Å². The monoisotopic (exact) mass is 418 g/mol. The fourth-order valence-corrected chi connectivity index (χ4v) is 6.87. The largest absolute Gasteiger partial charge is 0.496 e. The van der Waals surface area contributed by atoms with Crippen LogP contribution in [0.3, 0.4) is 0 Å². The maximum absolute atomic E-state index is 11.6. The zero-order chi connectivity index (χ0) is 21.6. The van der Waals surface area contributed by atoms with Gasteiger partial charge in [-0.3, -0.25) is 4.99 Å². The summed E-state index contributed by atoms with van der Waals surface area (Å²) >= 11 is 0. The molecule has 4 aliphatic carbocycles. The Morgan fingerprint density at radius 1 is 1.06 bits per heavy atom. The number of amidine groups is 1. The van der Waals surface area contributed by atoms with Crippen LogP contribution in [0.5, 0.6) is 5.75 Å². The standard InChI is InChI=1S/C26H30N2O3/c1-27-24(28-22-6-4-3-5-20(22)25(29)30)19-7-8-23(31-2)21(12-19)26-13-16-9-17(14-26)11-18(10-16)15-26/h3-8,12,16-18H,9-11,13-15H2,1-2H3,(H,27,28)(H,29,30). The van der Waals surface area contributed by atoms with Crippen LogP contribution in [0.4, 0.5) is 5.69 Å². The van der Waals surface area contributed by atoms with Crippen molar-refractivity contribution in [2.75, 3.05) is 19.5 Å². The second kappa shape index (κ2) is 7.70. The molecule has 2 aromatic rings. The summed E-state index contributed by atoms with van der Waals surface area (Å²) in [5.41, 5.74) is 3.25. The molecule has 0 spiro atoms. The van der Waals surface area contributed by atoms with Crippen molar-refractivity contribution in [3.63, 3.8) is 0 Å². The molecule has 2 N–H and O–H groups in total. The number of hydrogen-bond donors (Lipinski definition) is 2. The normalized spacial score (nSPS) is 29.1. The second-order valence-corrected chi connectivity index (χ2v) is 9.66. The first-order valence-corrected chi connectivity index (χ1v) is 11.3. The maximum atomic E-state index is 11.6. The quantitative estimate of drug-likeness (QED) is 0.507. The lowest BCUT2D eigenvalue weighted by molar-refractivity contribution is -0.00616. The minimum atomic E-state index is -0.956. The summed E-state index contributed by atoms with van der Waals surface area (Å²) in [6.07, 6.45) is 7.97. The van der Waals surface area contributed by atoms with Crippen LogP contribution in [-0.4, -0.2) is 31.1 Å². The first-order chi connectivity index (χ1) is 15.0. The third-order valence-corrected chi connectivity index (χ3v) is 7.72. The van der Waals surface area contributed by atoms with Gasteiger partial charge in [0.2, 0.25) is 0 Å². The molecule has 5 heteroatoms. The molecule has 0 saturated heterocycles. The van der Waals surface area contributed by atoms with E-state index in [1.165, 1.54) is 44.1 Å². The molecular formula is C26H30N2O3. The summed E-state index contributed by atoms with van der Waals surface area (Å²) in [4.78, 5) is 16.1. The van der Waals surface area contributed by atoms with Crippen molar-refractivity contribution in [2.24, 2.45) is 22.7 Å². The second-order valence-electron chi connectivity index (χ2n) is 9.66. The number of carboxylic acid groups (broad SMARTS) is 1. The average Bonchev–Trinajstić information content (AvgIpc) is 2.76. The molecule has 0 unspecified atom stereocenters. The minimum absolute atomic E-state index is 0.202. The number of aliphatic imine (C=N–C) groups is 1. The molecule has 31 heavy (non-hydrogen) atoms. The predicted molar refractivity (Wildman–Crippen MR) is 122 cm³/mol. The molecule has 4 bridgehead atoms. The van der Waals surface area contributed by atoms with E-state index in [9.17, 15) is 9.90 Å². The molecule has 0 radical (unpaired) electrons. The number of nitrogens with zero attached hydrogens (tertiary/aromatic N) is 1. The van der Waals surface area contributed by atoms with Crippen LogP contribution < -0.4 is 10.1 Å². The highest BCUT2D eigenvalue weighted by Crippen LogP contribution is 2.61. The number of anilines is 1. The van der Waals surface area contributed by atoms with E-state index in [-0.39, 0.29) is 11.0 Å². The fraction of sp³-hybridized carbons (Fsp3) is 0.462. The highest BCUT2D eigenvalue weighted by Gasteiger charge is 2.52. The summed E-state index contributed by atoms with van der Waals surface area (Å²) < 4.78 is 5.83. The van der Waals surface area contributed by atoms with Crippen LogP contribution in [0.1, 0.15) is 60.0 Å². The van der Waals surface area contributed by atoms with Crippen LogP contribution in [0.2, 0.25) is 0 Å². The zero-order valence-corrected chi connectivity index (χ0v) is 18.2. The van der Waals surface area contributed by atoms with Crippen LogP contribution in [0.25, 0.3) is 0 Å². The van der Waals surface area contributed by atoms with Gasteiger partial charge in [-0.2, -0.15) is 0 Å². The first kappa shape index (κ1) is 20.1. The third kappa shape index (κ3) is 3.50. The van der Waals surface area contributed by atoms with E-state index in [1.54, 1.807) is 32.4 Å². The van der Waals surface area contributed by atoms with Gasteiger partial charge in [0, 0.05) is 18.2 Å². The summed E-state index contributed by atoms with van der Waals surface area (Å²) in [6, 6.07) is 13.3. The SMILES string of the molecule is CN=C(Nc1ccccc1C(=O)O)c1ccc(OC)c(C23CC4CC(CC(C4)C2)C3)c1. The Bertz CT molecular complexity index is 1010. The van der Waals surface area contributed by atoms with Crippen LogP contribution in [-0.2, 0) is 5.41 Å². The Kier molecular flexibility index (Phi) is 4.99. The highest BCUT2D eigenvalue weighted by molar-refractivity contribution is 6.11. The van der Waals surface area contributed by atoms with Crippen molar-refractivity contribution < 1.29 is 14.6 Å². The summed E-state index contributed by atoms with van der Waals surface area (Å²) in [6.45, 7) is 0. The zero-order valence-electron chi connectivity index (χ0n) is 18.2. The number of carboxylic acids is 1. The number of nitrogens with one attached hydrogen (secondary N) is 1.